The molecular formula is C11H17NO2. The first-order valence-corrected chi connectivity index (χ1v) is 5.35. The lowest BCUT2D eigenvalue weighted by Crippen LogP contribution is -2.40. The fourth-order valence-electron chi connectivity index (χ4n) is 3.28. The Balaban J connectivity index is 2.22. The maximum Gasteiger partial charge on any atom is 0.221 e. The van der Waals surface area contributed by atoms with Crippen LogP contribution >= 0.6 is 0 Å². The van der Waals surface area contributed by atoms with E-state index in [2.05, 4.69) is 6.92 Å². The summed E-state index contributed by atoms with van der Waals surface area (Å²) in [6.07, 6.45) is 4.03. The summed E-state index contributed by atoms with van der Waals surface area (Å²) in [5.74, 6) is 0.587. The van der Waals surface area contributed by atoms with E-state index in [1.807, 2.05) is 0 Å². The summed E-state index contributed by atoms with van der Waals surface area (Å²) in [5.41, 5.74) is 5.41. The molecule has 3 heteroatoms. The van der Waals surface area contributed by atoms with E-state index in [0.29, 0.717) is 24.5 Å². The Morgan fingerprint density at radius 1 is 1.50 bits per heavy atom. The van der Waals surface area contributed by atoms with Crippen LogP contribution in [0.1, 0.15) is 39.0 Å². The predicted molar refractivity (Wildman–Crippen MR) is 52.4 cm³/mol. The highest BCUT2D eigenvalue weighted by Crippen LogP contribution is 2.54. The van der Waals surface area contributed by atoms with E-state index in [0.717, 1.165) is 19.3 Å². The van der Waals surface area contributed by atoms with Gasteiger partial charge in [-0.3, -0.25) is 9.59 Å². The van der Waals surface area contributed by atoms with Gasteiger partial charge in [0.15, 0.2) is 0 Å². The molecule has 2 rings (SSSR count). The molecule has 0 radical (unpaired) electrons. The summed E-state index contributed by atoms with van der Waals surface area (Å²) in [7, 11) is 0. The lowest BCUT2D eigenvalue weighted by Gasteiger charge is -2.38. The highest BCUT2D eigenvalue weighted by Gasteiger charge is 2.51. The van der Waals surface area contributed by atoms with Crippen molar-refractivity contribution in [1.82, 2.24) is 0 Å². The number of rotatable bonds is 1. The Morgan fingerprint density at radius 2 is 2.21 bits per heavy atom. The van der Waals surface area contributed by atoms with Crippen molar-refractivity contribution in [3.63, 3.8) is 0 Å². The molecule has 0 unspecified atom stereocenters. The van der Waals surface area contributed by atoms with Crippen LogP contribution in [0.4, 0.5) is 0 Å². The Morgan fingerprint density at radius 3 is 2.86 bits per heavy atom. The van der Waals surface area contributed by atoms with E-state index in [1.54, 1.807) is 0 Å². The summed E-state index contributed by atoms with van der Waals surface area (Å²) in [5, 5.41) is 0. The third-order valence-electron chi connectivity index (χ3n) is 4.29. The van der Waals surface area contributed by atoms with E-state index >= 15 is 0 Å². The molecule has 14 heavy (non-hydrogen) atoms. The summed E-state index contributed by atoms with van der Waals surface area (Å²) >= 11 is 0. The maximum atomic E-state index is 11.3. The molecule has 2 N–H and O–H groups in total. The second kappa shape index (κ2) is 3.07. The van der Waals surface area contributed by atoms with Crippen molar-refractivity contribution in [2.24, 2.45) is 23.0 Å². The smallest absolute Gasteiger partial charge is 0.221 e. The minimum atomic E-state index is -0.177. The zero-order chi connectivity index (χ0) is 10.3. The molecule has 0 aromatic rings. The monoisotopic (exact) mass is 195 g/mol. The summed E-state index contributed by atoms with van der Waals surface area (Å²) in [6.45, 7) is 2.13. The summed E-state index contributed by atoms with van der Waals surface area (Å²) in [4.78, 5) is 22.6. The van der Waals surface area contributed by atoms with Crippen molar-refractivity contribution >= 4 is 11.7 Å². The van der Waals surface area contributed by atoms with E-state index in [-0.39, 0.29) is 17.2 Å². The van der Waals surface area contributed by atoms with Crippen molar-refractivity contribution in [2.45, 2.75) is 39.0 Å². The fourth-order valence-corrected chi connectivity index (χ4v) is 3.28. The van der Waals surface area contributed by atoms with Gasteiger partial charge in [0.25, 0.3) is 0 Å². The SMILES string of the molecule is C[C@@]12CCC(=O)C[C@@H]1CC[C@H]2C(N)=O. The van der Waals surface area contributed by atoms with Crippen LogP contribution in [0.15, 0.2) is 0 Å². The van der Waals surface area contributed by atoms with Gasteiger partial charge in [-0.25, -0.2) is 0 Å². The normalized spacial score (nSPS) is 42.2. The van der Waals surface area contributed by atoms with Crippen molar-refractivity contribution in [3.05, 3.63) is 0 Å². The summed E-state index contributed by atoms with van der Waals surface area (Å²) < 4.78 is 0. The highest BCUT2D eigenvalue weighted by atomic mass is 16.1. The largest absolute Gasteiger partial charge is 0.369 e. The number of ketones is 1. The van der Waals surface area contributed by atoms with E-state index < -0.39 is 0 Å². The lowest BCUT2D eigenvalue weighted by molar-refractivity contribution is -0.131. The van der Waals surface area contributed by atoms with Gasteiger partial charge in [-0.2, -0.15) is 0 Å². The van der Waals surface area contributed by atoms with Gasteiger partial charge in [0.1, 0.15) is 5.78 Å². The van der Waals surface area contributed by atoms with Gasteiger partial charge in [0.05, 0.1) is 0 Å². The number of hydrogen-bond donors (Lipinski definition) is 1. The van der Waals surface area contributed by atoms with Crippen LogP contribution in [-0.4, -0.2) is 11.7 Å². The van der Waals surface area contributed by atoms with Crippen LogP contribution < -0.4 is 5.73 Å². The molecule has 2 aliphatic carbocycles. The highest BCUT2D eigenvalue weighted by molar-refractivity contribution is 5.82. The van der Waals surface area contributed by atoms with Crippen LogP contribution in [0.3, 0.4) is 0 Å². The molecule has 0 spiro atoms. The Bertz CT molecular complexity index is 287. The molecule has 78 valence electrons. The number of fused-ring (bicyclic) bond motifs is 1. The molecule has 0 aliphatic heterocycles. The number of primary amides is 1. The quantitative estimate of drug-likeness (QED) is 0.684. The van der Waals surface area contributed by atoms with E-state index in [4.69, 9.17) is 5.73 Å². The van der Waals surface area contributed by atoms with Crippen molar-refractivity contribution in [2.75, 3.05) is 0 Å². The molecule has 2 saturated carbocycles. The minimum Gasteiger partial charge on any atom is -0.369 e. The lowest BCUT2D eigenvalue weighted by atomic mass is 9.65. The van der Waals surface area contributed by atoms with Crippen molar-refractivity contribution in [3.8, 4) is 0 Å². The first kappa shape index (κ1) is 9.69. The van der Waals surface area contributed by atoms with E-state index in [9.17, 15) is 9.59 Å². The zero-order valence-corrected chi connectivity index (χ0v) is 8.58. The fraction of sp³-hybridized carbons (Fsp3) is 0.818. The van der Waals surface area contributed by atoms with Gasteiger partial charge in [-0.05, 0) is 30.6 Å². The average Bonchev–Trinajstić information content (AvgIpc) is 2.43. The molecule has 0 bridgehead atoms. The van der Waals surface area contributed by atoms with Gasteiger partial charge in [0, 0.05) is 18.8 Å². The van der Waals surface area contributed by atoms with Crippen LogP contribution in [0.25, 0.3) is 0 Å². The molecule has 2 aliphatic rings. The van der Waals surface area contributed by atoms with Crippen molar-refractivity contribution < 1.29 is 9.59 Å². The molecular weight excluding hydrogens is 178 g/mol. The Kier molecular flexibility index (Phi) is 2.13. The zero-order valence-electron chi connectivity index (χ0n) is 8.58. The van der Waals surface area contributed by atoms with Gasteiger partial charge in [0.2, 0.25) is 5.91 Å². The Labute approximate surface area is 84.0 Å². The Hall–Kier alpha value is -0.860. The van der Waals surface area contributed by atoms with Crippen LogP contribution in [0, 0.1) is 17.3 Å². The van der Waals surface area contributed by atoms with Crippen LogP contribution in [-0.2, 0) is 9.59 Å². The molecule has 0 saturated heterocycles. The number of Topliss-reactive ketones (excluding diaryl/α,β-unsaturated/α-hetero) is 1. The van der Waals surface area contributed by atoms with Gasteiger partial charge in [-0.1, -0.05) is 6.92 Å². The summed E-state index contributed by atoms with van der Waals surface area (Å²) in [6, 6.07) is 0. The number of carbonyl (C=O) groups is 2. The first-order valence-electron chi connectivity index (χ1n) is 5.35. The van der Waals surface area contributed by atoms with Crippen molar-refractivity contribution in [1.29, 1.82) is 0 Å². The number of amides is 1. The maximum absolute atomic E-state index is 11.3. The second-order valence-electron chi connectivity index (χ2n) is 4.98. The molecule has 3 nitrogen and oxygen atoms in total. The first-order chi connectivity index (χ1) is 6.54. The van der Waals surface area contributed by atoms with Crippen LogP contribution in [0.5, 0.6) is 0 Å². The standard InChI is InChI=1S/C11H17NO2/c1-11-5-4-8(13)6-7(11)2-3-9(11)10(12)14/h7,9H,2-6H2,1H3,(H2,12,14)/t7-,9-,11+/m0/s1. The molecule has 0 aromatic heterocycles. The molecule has 2 fully saturated rings. The third-order valence-corrected chi connectivity index (χ3v) is 4.29. The van der Waals surface area contributed by atoms with Gasteiger partial charge in [-0.15, -0.1) is 0 Å². The topological polar surface area (TPSA) is 60.2 Å². The molecule has 3 atom stereocenters. The number of hydrogen-bond acceptors (Lipinski definition) is 2. The second-order valence-corrected chi connectivity index (χ2v) is 4.98. The molecule has 1 amide bonds. The van der Waals surface area contributed by atoms with Gasteiger partial charge >= 0.3 is 0 Å². The number of nitrogens with two attached hydrogens (primary N) is 1. The molecule has 0 aromatic carbocycles. The third kappa shape index (κ3) is 1.26. The average molecular weight is 195 g/mol. The van der Waals surface area contributed by atoms with Crippen LogP contribution in [0.2, 0.25) is 0 Å². The number of carbonyl (C=O) groups excluding carboxylic acids is 2. The minimum absolute atomic E-state index is 0.000556. The predicted octanol–water partition coefficient (Wildman–Crippen LogP) is 1.26. The van der Waals surface area contributed by atoms with E-state index in [1.165, 1.54) is 0 Å². The molecule has 0 heterocycles. The van der Waals surface area contributed by atoms with Gasteiger partial charge < -0.3 is 5.73 Å².